The Morgan fingerprint density at radius 2 is 2.25 bits per heavy atom. The van der Waals surface area contributed by atoms with Gasteiger partial charge in [-0.3, -0.25) is 9.78 Å². The summed E-state index contributed by atoms with van der Waals surface area (Å²) in [5, 5.41) is 9.33. The van der Waals surface area contributed by atoms with E-state index in [9.17, 15) is 14.3 Å². The monoisotopic (exact) mass is 343 g/mol. The second kappa shape index (κ2) is 5.85. The standard InChI is InChI=1S/C17H12FN2O3S/c18-11-3-1-2-4-13(11)23-14-5-6-19-12-7-15(24-16(12)14)17(22)20-8-10(21)9-20/h2-7,10,21H,8-9H2. The van der Waals surface area contributed by atoms with E-state index in [4.69, 9.17) is 4.74 Å². The summed E-state index contributed by atoms with van der Waals surface area (Å²) >= 11 is 1.25. The van der Waals surface area contributed by atoms with Gasteiger partial charge >= 0.3 is 0 Å². The van der Waals surface area contributed by atoms with Gasteiger partial charge in [0, 0.05) is 25.4 Å². The van der Waals surface area contributed by atoms with Gasteiger partial charge in [0.2, 0.25) is 0 Å². The van der Waals surface area contributed by atoms with Crippen LogP contribution in [0.15, 0.2) is 36.5 Å². The topological polar surface area (TPSA) is 62.7 Å². The number of fused-ring (bicyclic) bond motifs is 1. The molecule has 3 aromatic rings. The number of halogens is 1. The maximum absolute atomic E-state index is 13.8. The van der Waals surface area contributed by atoms with E-state index in [-0.39, 0.29) is 11.7 Å². The fraction of sp³-hybridized carbons (Fsp3) is 0.176. The van der Waals surface area contributed by atoms with E-state index < -0.39 is 11.9 Å². The van der Waals surface area contributed by atoms with Crippen LogP contribution in [0, 0.1) is 11.9 Å². The van der Waals surface area contributed by atoms with Gasteiger partial charge in [-0.2, -0.15) is 0 Å². The quantitative estimate of drug-likeness (QED) is 0.794. The number of rotatable bonds is 3. The summed E-state index contributed by atoms with van der Waals surface area (Å²) in [5.74, 6) is -0.120. The number of likely N-dealkylation sites (tertiary alicyclic amines) is 1. The molecule has 121 valence electrons. The van der Waals surface area contributed by atoms with Crippen molar-refractivity contribution in [1.82, 2.24) is 9.88 Å². The van der Waals surface area contributed by atoms with Crippen LogP contribution < -0.4 is 4.74 Å². The number of carbonyl (C=O) groups is 1. The van der Waals surface area contributed by atoms with E-state index in [1.54, 1.807) is 29.3 Å². The number of carbonyl (C=O) groups excluding carboxylic acids is 1. The number of hydrogen-bond acceptors (Lipinski definition) is 5. The van der Waals surface area contributed by atoms with Crippen LogP contribution in [0.2, 0.25) is 0 Å². The second-order valence-corrected chi connectivity index (χ2v) is 6.51. The number of aliphatic hydroxyl groups is 1. The van der Waals surface area contributed by atoms with Crippen molar-refractivity contribution in [3.63, 3.8) is 0 Å². The molecule has 0 bridgehead atoms. The third kappa shape index (κ3) is 2.61. The second-order valence-electron chi connectivity index (χ2n) is 5.46. The number of amides is 1. The summed E-state index contributed by atoms with van der Waals surface area (Å²) < 4.78 is 20.1. The number of aliphatic hydroxyl groups excluding tert-OH is 1. The average molecular weight is 343 g/mol. The van der Waals surface area contributed by atoms with Crippen LogP contribution in [0.4, 0.5) is 4.39 Å². The lowest BCUT2D eigenvalue weighted by molar-refractivity contribution is 0.00623. The van der Waals surface area contributed by atoms with Crippen LogP contribution in [0.5, 0.6) is 11.5 Å². The lowest BCUT2D eigenvalue weighted by atomic mass is 10.1. The summed E-state index contributed by atoms with van der Waals surface area (Å²) in [4.78, 5) is 18.7. The van der Waals surface area contributed by atoms with Crippen molar-refractivity contribution in [2.45, 2.75) is 6.10 Å². The molecular weight excluding hydrogens is 331 g/mol. The van der Waals surface area contributed by atoms with Gasteiger partial charge in [-0.05, 0) is 24.3 Å². The highest BCUT2D eigenvalue weighted by molar-refractivity contribution is 7.21. The van der Waals surface area contributed by atoms with E-state index in [1.165, 1.54) is 23.5 Å². The SMILES string of the molecule is O=C(c1cc2nccc(Oc3cc[c]cc3F)c2s1)N1CC(O)C1. The van der Waals surface area contributed by atoms with Crippen molar-refractivity contribution >= 4 is 27.5 Å². The Labute approximate surface area is 140 Å². The first-order valence-electron chi connectivity index (χ1n) is 7.31. The molecule has 24 heavy (non-hydrogen) atoms. The molecule has 1 aliphatic rings. The molecule has 1 amide bonds. The first-order chi connectivity index (χ1) is 11.6. The Hall–Kier alpha value is -2.51. The van der Waals surface area contributed by atoms with Gasteiger partial charge in [0.05, 0.1) is 21.2 Å². The Morgan fingerprint density at radius 3 is 3.00 bits per heavy atom. The summed E-state index contributed by atoms with van der Waals surface area (Å²) in [6, 6.07) is 10.2. The molecule has 1 N–H and O–H groups in total. The largest absolute Gasteiger partial charge is 0.453 e. The molecule has 0 spiro atoms. The number of pyridine rings is 1. The zero-order chi connectivity index (χ0) is 16.7. The number of nitrogens with zero attached hydrogens (tertiary/aromatic N) is 2. The van der Waals surface area contributed by atoms with Crippen LogP contribution >= 0.6 is 11.3 Å². The highest BCUT2D eigenvalue weighted by atomic mass is 32.1. The summed E-state index contributed by atoms with van der Waals surface area (Å²) in [6.07, 6.45) is 1.11. The zero-order valence-corrected chi connectivity index (χ0v) is 13.2. The first-order valence-corrected chi connectivity index (χ1v) is 8.13. The number of benzene rings is 1. The fourth-order valence-corrected chi connectivity index (χ4v) is 3.51. The molecule has 4 rings (SSSR count). The van der Waals surface area contributed by atoms with Gasteiger partial charge in [-0.15, -0.1) is 11.3 Å². The lowest BCUT2D eigenvalue weighted by Gasteiger charge is -2.35. The van der Waals surface area contributed by atoms with Gasteiger partial charge in [0.1, 0.15) is 5.75 Å². The molecule has 1 aliphatic heterocycles. The summed E-state index contributed by atoms with van der Waals surface area (Å²) in [5.41, 5.74) is 0.616. The van der Waals surface area contributed by atoms with E-state index in [0.29, 0.717) is 33.9 Å². The van der Waals surface area contributed by atoms with E-state index in [0.717, 1.165) is 0 Å². The zero-order valence-electron chi connectivity index (χ0n) is 12.4. The Bertz CT molecular complexity index is 921. The minimum atomic E-state index is -0.509. The molecule has 0 atom stereocenters. The molecule has 0 saturated carbocycles. The predicted molar refractivity (Wildman–Crippen MR) is 86.8 cm³/mol. The van der Waals surface area contributed by atoms with Crippen LogP contribution in [0.3, 0.4) is 0 Å². The maximum Gasteiger partial charge on any atom is 0.264 e. The molecule has 0 aliphatic carbocycles. The van der Waals surface area contributed by atoms with Crippen molar-refractivity contribution in [3.05, 3.63) is 53.3 Å². The molecule has 1 fully saturated rings. The van der Waals surface area contributed by atoms with Crippen molar-refractivity contribution < 1.29 is 19.0 Å². The number of thiophene rings is 1. The average Bonchev–Trinajstić information content (AvgIpc) is 2.99. The summed E-state index contributed by atoms with van der Waals surface area (Å²) in [7, 11) is 0. The molecule has 1 saturated heterocycles. The van der Waals surface area contributed by atoms with Crippen LogP contribution in [-0.4, -0.2) is 40.1 Å². The minimum Gasteiger partial charge on any atom is -0.453 e. The molecule has 1 radical (unpaired) electrons. The minimum absolute atomic E-state index is 0.0911. The highest BCUT2D eigenvalue weighted by Gasteiger charge is 2.30. The number of ether oxygens (including phenoxy) is 1. The van der Waals surface area contributed by atoms with Crippen molar-refractivity contribution in [2.24, 2.45) is 0 Å². The Kier molecular flexibility index (Phi) is 3.66. The van der Waals surface area contributed by atoms with E-state index in [1.807, 2.05) is 0 Å². The molecule has 3 heterocycles. The van der Waals surface area contributed by atoms with Gasteiger partial charge in [-0.1, -0.05) is 6.07 Å². The number of hydrogen-bond donors (Lipinski definition) is 1. The Balaban J connectivity index is 1.67. The molecular formula is C17H12FN2O3S. The molecule has 1 aromatic carbocycles. The summed E-state index contributed by atoms with van der Waals surface area (Å²) in [6.45, 7) is 0.686. The molecule has 7 heteroatoms. The maximum atomic E-state index is 13.8. The lowest BCUT2D eigenvalue weighted by Crippen LogP contribution is -2.53. The van der Waals surface area contributed by atoms with Crippen LogP contribution in [0.1, 0.15) is 9.67 Å². The third-order valence-electron chi connectivity index (χ3n) is 3.73. The molecule has 0 unspecified atom stereocenters. The van der Waals surface area contributed by atoms with Gasteiger partial charge < -0.3 is 14.7 Å². The Morgan fingerprint density at radius 1 is 1.42 bits per heavy atom. The normalized spacial score (nSPS) is 14.7. The fourth-order valence-electron chi connectivity index (χ4n) is 2.47. The van der Waals surface area contributed by atoms with Crippen molar-refractivity contribution in [2.75, 3.05) is 13.1 Å². The van der Waals surface area contributed by atoms with Crippen LogP contribution in [-0.2, 0) is 0 Å². The van der Waals surface area contributed by atoms with Crippen molar-refractivity contribution in [1.29, 1.82) is 0 Å². The van der Waals surface area contributed by atoms with E-state index >= 15 is 0 Å². The predicted octanol–water partition coefficient (Wildman–Crippen LogP) is 2.84. The number of β-amino-alcohol motifs (C(OH)–C–C–N with tert-alkyl or cyclic N) is 1. The van der Waals surface area contributed by atoms with Gasteiger partial charge in [0.25, 0.3) is 5.91 Å². The van der Waals surface area contributed by atoms with Crippen molar-refractivity contribution in [3.8, 4) is 11.5 Å². The van der Waals surface area contributed by atoms with Gasteiger partial charge in [-0.25, -0.2) is 4.39 Å². The first kappa shape index (κ1) is 15.0. The highest BCUT2D eigenvalue weighted by Crippen LogP contribution is 2.36. The molecule has 5 nitrogen and oxygen atoms in total. The van der Waals surface area contributed by atoms with Gasteiger partial charge in [0.15, 0.2) is 11.6 Å². The molecule has 2 aromatic heterocycles. The third-order valence-corrected chi connectivity index (χ3v) is 4.86. The smallest absolute Gasteiger partial charge is 0.264 e. The van der Waals surface area contributed by atoms with E-state index in [2.05, 4.69) is 11.1 Å². The number of aromatic nitrogens is 1. The van der Waals surface area contributed by atoms with Crippen LogP contribution in [0.25, 0.3) is 10.2 Å².